The molecule has 2 saturated heterocycles. The summed E-state index contributed by atoms with van der Waals surface area (Å²) in [5, 5.41) is 5.27. The van der Waals surface area contributed by atoms with E-state index < -0.39 is 34.5 Å². The molecule has 2 fully saturated rings. The van der Waals surface area contributed by atoms with Crippen LogP contribution in [0.1, 0.15) is 25.7 Å². The van der Waals surface area contributed by atoms with E-state index in [1.807, 2.05) is 0 Å². The number of carbonyl (C=O) groups excluding carboxylic acids is 2. The fourth-order valence-corrected chi connectivity index (χ4v) is 5.44. The lowest BCUT2D eigenvalue weighted by atomic mass is 10.1. The molecule has 3 aliphatic rings. The number of rotatable bonds is 3. The Morgan fingerprint density at radius 1 is 1.14 bits per heavy atom. The standard InChI is InChI=1S/C16H23F3N4O4S/c17-16(18,19)11-21-5-1-6-22(8-7-21)15(25)13-2-3-14(24)23(20-13)12-4-9-28(26,27)10-12/h12H,1-11H2. The number of hydrogen-bond donors (Lipinski definition) is 0. The highest BCUT2D eigenvalue weighted by Gasteiger charge is 2.38. The number of hydrogen-bond acceptors (Lipinski definition) is 6. The van der Waals surface area contributed by atoms with E-state index in [0.29, 0.717) is 13.0 Å². The van der Waals surface area contributed by atoms with Crippen molar-refractivity contribution in [1.29, 1.82) is 0 Å². The number of sulfone groups is 1. The fraction of sp³-hybridized carbons (Fsp3) is 0.812. The second kappa shape index (κ2) is 7.97. The Labute approximate surface area is 161 Å². The van der Waals surface area contributed by atoms with Crippen molar-refractivity contribution >= 4 is 27.4 Å². The van der Waals surface area contributed by atoms with Crippen LogP contribution in [0.2, 0.25) is 0 Å². The Balaban J connectivity index is 1.66. The molecule has 3 heterocycles. The largest absolute Gasteiger partial charge is 0.401 e. The Morgan fingerprint density at radius 2 is 1.89 bits per heavy atom. The molecule has 0 bridgehead atoms. The minimum atomic E-state index is -4.28. The molecule has 12 heteroatoms. The molecular weight excluding hydrogens is 401 g/mol. The minimum Gasteiger partial charge on any atom is -0.336 e. The normalized spacial score (nSPS) is 26.9. The summed E-state index contributed by atoms with van der Waals surface area (Å²) in [4.78, 5) is 27.7. The van der Waals surface area contributed by atoms with Gasteiger partial charge in [-0.25, -0.2) is 13.4 Å². The zero-order chi connectivity index (χ0) is 20.5. The fourth-order valence-electron chi connectivity index (χ4n) is 3.75. The van der Waals surface area contributed by atoms with Crippen LogP contribution in [0.4, 0.5) is 13.2 Å². The third kappa shape index (κ3) is 5.22. The first kappa shape index (κ1) is 21.0. The molecule has 158 valence electrons. The second-order valence-electron chi connectivity index (χ2n) is 7.38. The van der Waals surface area contributed by atoms with Gasteiger partial charge in [-0.1, -0.05) is 0 Å². The summed E-state index contributed by atoms with van der Waals surface area (Å²) in [5.74, 6) is -0.889. The zero-order valence-electron chi connectivity index (χ0n) is 15.3. The van der Waals surface area contributed by atoms with Crippen LogP contribution in [0, 0.1) is 0 Å². The molecule has 3 rings (SSSR count). The number of carbonyl (C=O) groups is 2. The first-order valence-corrected chi connectivity index (χ1v) is 11.0. The SMILES string of the molecule is O=C(C1=NN(C2CCS(=O)(=O)C2)C(=O)CC1)N1CCCN(CC(F)(F)F)CC1. The van der Waals surface area contributed by atoms with Crippen LogP contribution in [0.5, 0.6) is 0 Å². The van der Waals surface area contributed by atoms with Crippen molar-refractivity contribution in [3.63, 3.8) is 0 Å². The Hall–Kier alpha value is -1.69. The average Bonchev–Trinajstić information content (AvgIpc) is 2.81. The van der Waals surface area contributed by atoms with Crippen LogP contribution in [0.25, 0.3) is 0 Å². The third-order valence-electron chi connectivity index (χ3n) is 5.14. The first-order valence-electron chi connectivity index (χ1n) is 9.22. The molecule has 0 aliphatic carbocycles. The molecule has 1 atom stereocenters. The lowest BCUT2D eigenvalue weighted by Crippen LogP contribution is -2.46. The Bertz CT molecular complexity index is 768. The summed E-state index contributed by atoms with van der Waals surface area (Å²) in [6, 6.07) is -0.563. The van der Waals surface area contributed by atoms with Crippen molar-refractivity contribution in [3.05, 3.63) is 0 Å². The maximum absolute atomic E-state index is 12.8. The van der Waals surface area contributed by atoms with Gasteiger partial charge in [0.25, 0.3) is 5.91 Å². The van der Waals surface area contributed by atoms with Crippen molar-refractivity contribution in [1.82, 2.24) is 14.8 Å². The molecule has 28 heavy (non-hydrogen) atoms. The van der Waals surface area contributed by atoms with Crippen LogP contribution in [0.3, 0.4) is 0 Å². The number of amides is 2. The van der Waals surface area contributed by atoms with E-state index >= 15 is 0 Å². The summed E-state index contributed by atoms with van der Waals surface area (Å²) < 4.78 is 61.1. The minimum absolute atomic E-state index is 0.0125. The second-order valence-corrected chi connectivity index (χ2v) is 9.61. The summed E-state index contributed by atoms with van der Waals surface area (Å²) in [7, 11) is -3.21. The molecule has 2 amide bonds. The Morgan fingerprint density at radius 3 is 2.54 bits per heavy atom. The highest BCUT2D eigenvalue weighted by atomic mass is 32.2. The lowest BCUT2D eigenvalue weighted by molar-refractivity contribution is -0.145. The quantitative estimate of drug-likeness (QED) is 0.648. The van der Waals surface area contributed by atoms with Gasteiger partial charge in [-0.3, -0.25) is 14.5 Å². The monoisotopic (exact) mass is 424 g/mol. The molecule has 0 saturated carbocycles. The van der Waals surface area contributed by atoms with Crippen LogP contribution < -0.4 is 0 Å². The van der Waals surface area contributed by atoms with Crippen LogP contribution in [0.15, 0.2) is 5.10 Å². The van der Waals surface area contributed by atoms with Crippen molar-refractivity contribution in [2.45, 2.75) is 37.9 Å². The molecule has 0 spiro atoms. The first-order chi connectivity index (χ1) is 13.0. The van der Waals surface area contributed by atoms with Gasteiger partial charge >= 0.3 is 6.18 Å². The zero-order valence-corrected chi connectivity index (χ0v) is 16.1. The van der Waals surface area contributed by atoms with Crippen molar-refractivity contribution < 1.29 is 31.2 Å². The number of halogens is 3. The molecule has 0 aromatic rings. The van der Waals surface area contributed by atoms with Gasteiger partial charge in [0.1, 0.15) is 5.71 Å². The summed E-state index contributed by atoms with van der Waals surface area (Å²) >= 11 is 0. The van der Waals surface area contributed by atoms with Crippen LogP contribution >= 0.6 is 0 Å². The number of nitrogens with zero attached hydrogens (tertiary/aromatic N) is 4. The van der Waals surface area contributed by atoms with E-state index in [2.05, 4.69) is 5.10 Å². The predicted octanol–water partition coefficient (Wildman–Crippen LogP) is 0.249. The van der Waals surface area contributed by atoms with Gasteiger partial charge in [-0.2, -0.15) is 18.3 Å². The van der Waals surface area contributed by atoms with Crippen LogP contribution in [-0.2, 0) is 19.4 Å². The van der Waals surface area contributed by atoms with Crippen molar-refractivity contribution in [2.24, 2.45) is 5.10 Å². The molecule has 0 N–H and O–H groups in total. The summed E-state index contributed by atoms with van der Waals surface area (Å²) in [5.41, 5.74) is 0.160. The van der Waals surface area contributed by atoms with Gasteiger partial charge in [0, 0.05) is 39.0 Å². The van der Waals surface area contributed by atoms with Gasteiger partial charge < -0.3 is 4.90 Å². The lowest BCUT2D eigenvalue weighted by Gasteiger charge is -2.29. The van der Waals surface area contributed by atoms with E-state index in [1.165, 1.54) is 9.80 Å². The highest BCUT2D eigenvalue weighted by molar-refractivity contribution is 7.91. The average molecular weight is 424 g/mol. The van der Waals surface area contributed by atoms with Crippen molar-refractivity contribution in [3.8, 4) is 0 Å². The number of alkyl halides is 3. The maximum Gasteiger partial charge on any atom is 0.401 e. The Kier molecular flexibility index (Phi) is 5.99. The van der Waals surface area contributed by atoms with Gasteiger partial charge in [-0.05, 0) is 12.8 Å². The summed E-state index contributed by atoms with van der Waals surface area (Å²) in [6.07, 6.45) is -3.37. The highest BCUT2D eigenvalue weighted by Crippen LogP contribution is 2.23. The molecule has 0 radical (unpaired) electrons. The molecule has 8 nitrogen and oxygen atoms in total. The van der Waals surface area contributed by atoms with E-state index in [9.17, 15) is 31.2 Å². The van der Waals surface area contributed by atoms with Crippen LogP contribution in [-0.4, -0.2) is 97.2 Å². The van der Waals surface area contributed by atoms with Gasteiger partial charge in [0.05, 0.1) is 24.1 Å². The topological polar surface area (TPSA) is 90.4 Å². The van der Waals surface area contributed by atoms with Crippen molar-refractivity contribution in [2.75, 3.05) is 44.2 Å². The molecule has 1 unspecified atom stereocenters. The van der Waals surface area contributed by atoms with E-state index in [-0.39, 0.29) is 62.0 Å². The predicted molar refractivity (Wildman–Crippen MR) is 94.3 cm³/mol. The number of hydrazone groups is 1. The summed E-state index contributed by atoms with van der Waals surface area (Å²) in [6.45, 7) is -0.172. The van der Waals surface area contributed by atoms with Gasteiger partial charge in [0.15, 0.2) is 9.84 Å². The molecule has 3 aliphatic heterocycles. The smallest absolute Gasteiger partial charge is 0.336 e. The van der Waals surface area contributed by atoms with E-state index in [1.54, 1.807) is 0 Å². The third-order valence-corrected chi connectivity index (χ3v) is 6.89. The van der Waals surface area contributed by atoms with Gasteiger partial charge in [0.2, 0.25) is 5.91 Å². The van der Waals surface area contributed by atoms with E-state index in [4.69, 9.17) is 0 Å². The van der Waals surface area contributed by atoms with Gasteiger partial charge in [-0.15, -0.1) is 0 Å². The van der Waals surface area contributed by atoms with E-state index in [0.717, 1.165) is 5.01 Å². The maximum atomic E-state index is 12.8. The molecule has 0 aromatic heterocycles. The molecule has 0 aromatic carbocycles. The molecular formula is C16H23F3N4O4S.